The van der Waals surface area contributed by atoms with E-state index in [0.29, 0.717) is 0 Å². The van der Waals surface area contributed by atoms with E-state index >= 15 is 0 Å². The molecule has 9 heteroatoms. The Kier molecular flexibility index (Phi) is 3.12. The fourth-order valence-corrected chi connectivity index (χ4v) is 3.06. The zero-order valence-electron chi connectivity index (χ0n) is 10.1. The number of aryl methyl sites for hydroxylation is 1. The van der Waals surface area contributed by atoms with Gasteiger partial charge in [-0.25, -0.2) is 13.4 Å². The van der Waals surface area contributed by atoms with E-state index in [0.717, 1.165) is 0 Å². The molecule has 0 fully saturated rings. The lowest BCUT2D eigenvalue weighted by Crippen LogP contribution is -2.22. The minimum Gasteiger partial charge on any atom is -0.265 e. The van der Waals surface area contributed by atoms with Crippen LogP contribution in [0.5, 0.6) is 0 Å². The number of hydrogen-bond acceptors (Lipinski definition) is 6. The van der Waals surface area contributed by atoms with Crippen LogP contribution in [0, 0.1) is 0 Å². The van der Waals surface area contributed by atoms with Gasteiger partial charge in [-0.05, 0) is 31.5 Å². The quantitative estimate of drug-likeness (QED) is 0.875. The van der Waals surface area contributed by atoms with Crippen LogP contribution in [0.15, 0.2) is 11.1 Å². The summed E-state index contributed by atoms with van der Waals surface area (Å²) in [6.45, 7) is 3.50. The van der Waals surface area contributed by atoms with Gasteiger partial charge in [0.15, 0.2) is 5.03 Å². The molecule has 18 heavy (non-hydrogen) atoms. The highest BCUT2D eigenvalue weighted by Crippen LogP contribution is 2.23. The molecule has 1 aliphatic rings. The summed E-state index contributed by atoms with van der Waals surface area (Å²) in [4.78, 5) is 8.97. The van der Waals surface area contributed by atoms with Gasteiger partial charge in [0.25, 0.3) is 0 Å². The zero-order chi connectivity index (χ0) is 13.6. The number of hydroxylamine groups is 1. The summed E-state index contributed by atoms with van der Waals surface area (Å²) in [5, 5.41) is 3.84. The molecule has 0 aliphatic carbocycles. The van der Waals surface area contributed by atoms with Gasteiger partial charge < -0.3 is 0 Å². The molecule has 0 atom stereocenters. The van der Waals surface area contributed by atoms with Gasteiger partial charge in [-0.2, -0.15) is 0 Å². The Morgan fingerprint density at radius 1 is 1.56 bits per heavy atom. The lowest BCUT2D eigenvalue weighted by Gasteiger charge is -2.11. The van der Waals surface area contributed by atoms with Crippen molar-refractivity contribution >= 4 is 21.4 Å². The standard InChI is InChI=1S/C9H13ClN4O3S/c1-9(2)4-7(13-17-9)18(15,16)5-6-11-8(10)12-14(6)3/h4,13H,5H2,1-3H3. The highest BCUT2D eigenvalue weighted by Gasteiger charge is 2.32. The van der Waals surface area contributed by atoms with Gasteiger partial charge in [0.05, 0.1) is 0 Å². The van der Waals surface area contributed by atoms with Crippen LogP contribution in [-0.4, -0.2) is 28.8 Å². The number of rotatable bonds is 3. The molecule has 1 N–H and O–H groups in total. The van der Waals surface area contributed by atoms with E-state index < -0.39 is 15.4 Å². The van der Waals surface area contributed by atoms with Gasteiger partial charge in [-0.1, -0.05) is 0 Å². The lowest BCUT2D eigenvalue weighted by molar-refractivity contribution is -0.0129. The molecule has 0 amide bonds. The summed E-state index contributed by atoms with van der Waals surface area (Å²) < 4.78 is 25.6. The molecule has 1 aromatic heterocycles. The van der Waals surface area contributed by atoms with Crippen molar-refractivity contribution in [2.24, 2.45) is 7.05 Å². The van der Waals surface area contributed by atoms with Gasteiger partial charge >= 0.3 is 0 Å². The molecule has 0 saturated heterocycles. The molecular formula is C9H13ClN4O3S. The predicted octanol–water partition coefficient (Wildman–Crippen LogP) is 0.538. The molecule has 1 aliphatic heterocycles. The van der Waals surface area contributed by atoms with Crippen LogP contribution in [-0.2, 0) is 27.5 Å². The minimum absolute atomic E-state index is 0.0210. The molecule has 2 rings (SSSR count). The number of halogens is 1. The molecule has 100 valence electrons. The van der Waals surface area contributed by atoms with E-state index in [-0.39, 0.29) is 21.9 Å². The monoisotopic (exact) mass is 292 g/mol. The van der Waals surface area contributed by atoms with Gasteiger partial charge in [-0.15, -0.1) is 5.10 Å². The van der Waals surface area contributed by atoms with Crippen molar-refractivity contribution in [3.63, 3.8) is 0 Å². The second-order valence-electron chi connectivity index (χ2n) is 4.50. The van der Waals surface area contributed by atoms with E-state index in [9.17, 15) is 8.42 Å². The first-order valence-electron chi connectivity index (χ1n) is 5.15. The van der Waals surface area contributed by atoms with Gasteiger partial charge in [0.2, 0.25) is 15.1 Å². The summed E-state index contributed by atoms with van der Waals surface area (Å²) >= 11 is 5.61. The van der Waals surface area contributed by atoms with Gasteiger partial charge in [0, 0.05) is 7.05 Å². The summed E-state index contributed by atoms with van der Waals surface area (Å²) in [5.41, 5.74) is 1.76. The van der Waals surface area contributed by atoms with Crippen molar-refractivity contribution in [1.82, 2.24) is 20.2 Å². The van der Waals surface area contributed by atoms with Crippen LogP contribution >= 0.6 is 11.6 Å². The van der Waals surface area contributed by atoms with Gasteiger partial charge in [-0.3, -0.25) is 15.0 Å². The Hall–Kier alpha value is -1.12. The highest BCUT2D eigenvalue weighted by atomic mass is 35.5. The number of sulfone groups is 1. The average molecular weight is 293 g/mol. The molecule has 0 bridgehead atoms. The third kappa shape index (κ3) is 2.65. The Labute approximate surface area is 110 Å². The van der Waals surface area contributed by atoms with E-state index in [1.165, 1.54) is 10.8 Å². The largest absolute Gasteiger partial charge is 0.265 e. The van der Waals surface area contributed by atoms with Crippen LogP contribution in [0.1, 0.15) is 19.7 Å². The normalized spacial score (nSPS) is 18.6. The maximum Gasteiger partial charge on any atom is 0.242 e. The number of nitrogens with one attached hydrogen (secondary N) is 1. The second kappa shape index (κ2) is 4.22. The Bertz CT molecular complexity index is 605. The first-order chi connectivity index (χ1) is 8.20. The van der Waals surface area contributed by atoms with Crippen LogP contribution in [0.2, 0.25) is 5.28 Å². The van der Waals surface area contributed by atoms with Crippen molar-refractivity contribution in [2.75, 3.05) is 0 Å². The van der Waals surface area contributed by atoms with Crippen LogP contribution in [0.3, 0.4) is 0 Å². The SMILES string of the molecule is Cn1nc(Cl)nc1CS(=O)(=O)C1=CC(C)(C)ON1. The molecule has 0 radical (unpaired) electrons. The molecule has 0 spiro atoms. The van der Waals surface area contributed by atoms with Crippen molar-refractivity contribution in [3.05, 3.63) is 22.2 Å². The van der Waals surface area contributed by atoms with E-state index in [1.807, 2.05) is 0 Å². The van der Waals surface area contributed by atoms with E-state index in [4.69, 9.17) is 16.4 Å². The highest BCUT2D eigenvalue weighted by molar-refractivity contribution is 7.94. The van der Waals surface area contributed by atoms with Crippen molar-refractivity contribution in [1.29, 1.82) is 0 Å². The van der Waals surface area contributed by atoms with Crippen molar-refractivity contribution in [2.45, 2.75) is 25.2 Å². The van der Waals surface area contributed by atoms with Crippen LogP contribution in [0.25, 0.3) is 0 Å². The average Bonchev–Trinajstić information content (AvgIpc) is 2.70. The van der Waals surface area contributed by atoms with Crippen molar-refractivity contribution < 1.29 is 13.3 Å². The smallest absolute Gasteiger partial charge is 0.242 e. The predicted molar refractivity (Wildman–Crippen MR) is 65.0 cm³/mol. The molecular weight excluding hydrogens is 280 g/mol. The first kappa shape index (κ1) is 13.3. The summed E-state index contributed by atoms with van der Waals surface area (Å²) in [7, 11) is -1.97. The fourth-order valence-electron chi connectivity index (χ4n) is 1.47. The molecule has 1 aromatic rings. The first-order valence-corrected chi connectivity index (χ1v) is 7.18. The zero-order valence-corrected chi connectivity index (χ0v) is 11.7. The third-order valence-corrected chi connectivity index (χ3v) is 4.04. The minimum atomic E-state index is -3.55. The lowest BCUT2D eigenvalue weighted by atomic mass is 10.1. The third-order valence-electron chi connectivity index (χ3n) is 2.37. The van der Waals surface area contributed by atoms with E-state index in [2.05, 4.69) is 15.6 Å². The topological polar surface area (TPSA) is 86.1 Å². The molecule has 0 aromatic carbocycles. The number of hydrogen-bond donors (Lipinski definition) is 1. The molecule has 0 saturated carbocycles. The second-order valence-corrected chi connectivity index (χ2v) is 6.79. The Balaban J connectivity index is 2.26. The maximum absolute atomic E-state index is 12.1. The fraction of sp³-hybridized carbons (Fsp3) is 0.556. The summed E-state index contributed by atoms with van der Waals surface area (Å²) in [6.07, 6.45) is 1.51. The summed E-state index contributed by atoms with van der Waals surface area (Å²) in [5.74, 6) is -0.0194. The Morgan fingerprint density at radius 2 is 2.22 bits per heavy atom. The Morgan fingerprint density at radius 3 is 2.67 bits per heavy atom. The molecule has 7 nitrogen and oxygen atoms in total. The van der Waals surface area contributed by atoms with Crippen LogP contribution in [0.4, 0.5) is 0 Å². The maximum atomic E-state index is 12.1. The van der Waals surface area contributed by atoms with Crippen molar-refractivity contribution in [3.8, 4) is 0 Å². The molecule has 0 unspecified atom stereocenters. The van der Waals surface area contributed by atoms with E-state index in [1.54, 1.807) is 20.9 Å². The summed E-state index contributed by atoms with van der Waals surface area (Å²) in [6, 6.07) is 0. The molecule has 2 heterocycles. The number of aromatic nitrogens is 3. The number of nitrogens with zero attached hydrogens (tertiary/aromatic N) is 3. The van der Waals surface area contributed by atoms with Gasteiger partial charge in [0.1, 0.15) is 17.2 Å². The van der Waals surface area contributed by atoms with Crippen LogP contribution < -0.4 is 5.48 Å².